The van der Waals surface area contributed by atoms with Crippen LogP contribution in [0.4, 0.5) is 51.2 Å². The van der Waals surface area contributed by atoms with Gasteiger partial charge >= 0.3 is 0 Å². The maximum Gasteiger partial charge on any atom is 0.0726 e. The van der Waals surface area contributed by atoms with Crippen LogP contribution in [-0.4, -0.2) is 0 Å². The van der Waals surface area contributed by atoms with Crippen LogP contribution in [-0.2, 0) is 10.8 Å². The highest BCUT2D eigenvalue weighted by Crippen LogP contribution is 2.64. The number of rotatable bonds is 15. The molecule has 20 aromatic carbocycles. The van der Waals surface area contributed by atoms with Gasteiger partial charge < -0.3 is 14.7 Å². The quantitative estimate of drug-likeness (QED) is 0.101. The first-order valence-corrected chi connectivity index (χ1v) is 46.8. The molecule has 612 valence electrons. The molecule has 0 radical (unpaired) electrons. The molecule has 21 aromatic rings. The Hall–Kier alpha value is -14.5. The van der Waals surface area contributed by atoms with Crippen molar-refractivity contribution in [3.8, 4) is 77.9 Å². The molecule has 0 amide bonds. The first kappa shape index (κ1) is 80.3. The molecule has 1 spiro atoms. The van der Waals surface area contributed by atoms with Crippen LogP contribution in [0.15, 0.2) is 511 Å². The van der Waals surface area contributed by atoms with Crippen molar-refractivity contribution >= 4 is 130 Å². The van der Waals surface area contributed by atoms with Crippen molar-refractivity contribution in [2.75, 3.05) is 14.7 Å². The molecular weight excluding hydrogens is 1780 g/mol. The molecule has 0 saturated carbocycles. The number of anilines is 9. The first-order chi connectivity index (χ1) is 63.7. The molecule has 0 aliphatic heterocycles. The zero-order valence-electron chi connectivity index (χ0n) is 70.2. The van der Waals surface area contributed by atoms with Gasteiger partial charge in [0.15, 0.2) is 0 Å². The second-order valence-corrected chi connectivity index (χ2v) is 36.7. The third-order valence-electron chi connectivity index (χ3n) is 25.7. The van der Waals surface area contributed by atoms with E-state index in [9.17, 15) is 0 Å². The lowest BCUT2D eigenvalue weighted by Crippen LogP contribution is -2.28. The summed E-state index contributed by atoms with van der Waals surface area (Å²) in [6.45, 7) is 0. The molecule has 1 aromatic heterocycles. The fraction of sp³-hybridized carbons (Fsp3) is 0.0164. The molecule has 1 heterocycles. The predicted octanol–water partition coefficient (Wildman–Crippen LogP) is 35.5. The Morgan fingerprint density at radius 1 is 0.163 bits per heavy atom. The van der Waals surface area contributed by atoms with E-state index in [1.807, 2.05) is 11.3 Å². The molecule has 3 nitrogen and oxygen atoms in total. The maximum atomic E-state index is 3.63. The molecule has 24 rings (SSSR count). The highest BCUT2D eigenvalue weighted by molar-refractivity contribution is 9.11. The number of para-hydroxylation sites is 3. The number of fused-ring (bicyclic) bond motifs is 16. The molecule has 0 unspecified atom stereocenters. The zero-order valence-corrected chi connectivity index (χ0v) is 75.8. The van der Waals surface area contributed by atoms with Crippen LogP contribution in [0.1, 0.15) is 44.5 Å². The Balaban J connectivity index is 0.000000114. The Labute approximate surface area is 782 Å². The van der Waals surface area contributed by atoms with Crippen molar-refractivity contribution in [2.24, 2.45) is 0 Å². The van der Waals surface area contributed by atoms with Crippen molar-refractivity contribution in [1.82, 2.24) is 0 Å². The van der Waals surface area contributed by atoms with Crippen LogP contribution in [0.3, 0.4) is 0 Å². The Morgan fingerprint density at radius 2 is 0.442 bits per heavy atom. The van der Waals surface area contributed by atoms with Crippen molar-refractivity contribution in [3.05, 3.63) is 555 Å². The molecule has 0 N–H and O–H groups in total. The summed E-state index contributed by atoms with van der Waals surface area (Å²) < 4.78 is 5.92. The fourth-order valence-corrected chi connectivity index (χ4v) is 22.0. The standard InChI is InChI=1S/C43H28BrN.C43H30BrN.C36H24BrNS/c44-31-12-10-11-30(27-31)29-21-23-33(24-22-29)45(32-13-2-1-3-14-32)34-25-26-38-37-17-6-9-20-41(37)43(42(38)28-34)39-18-7-4-15-35(39)36-16-5-8-19-40(36)43;44-35-24-20-31(21-25-35)32-22-26-37(27-23-32)45(36-16-8-3-9-17-36)38-28-29-40-39-18-10-11-19-41(39)43(42(40)30-38,33-12-4-1-5-13-33)34-14-6-2-7-15-34;37-29-17-10-25(11-18-29)26-12-19-31(20-13-26)38(30-6-2-1-3-7-30)32-21-14-27(15-22-32)28-16-23-36-34(24-28)33-8-4-5-9-35(33)39-36/h1-28H;1-30H;1-24H. The van der Waals surface area contributed by atoms with Gasteiger partial charge in [-0.1, -0.05) is 381 Å². The van der Waals surface area contributed by atoms with E-state index in [-0.39, 0.29) is 5.41 Å². The largest absolute Gasteiger partial charge is 0.311 e. The molecule has 3 aliphatic rings. The van der Waals surface area contributed by atoms with E-state index in [1.165, 1.54) is 143 Å². The topological polar surface area (TPSA) is 9.72 Å². The lowest BCUT2D eigenvalue weighted by atomic mass is 9.67. The van der Waals surface area contributed by atoms with Gasteiger partial charge in [-0.15, -0.1) is 11.3 Å². The second-order valence-electron chi connectivity index (χ2n) is 32.9. The van der Waals surface area contributed by atoms with Crippen LogP contribution < -0.4 is 14.7 Å². The molecule has 7 heteroatoms. The summed E-state index contributed by atoms with van der Waals surface area (Å²) in [7, 11) is 0. The van der Waals surface area contributed by atoms with E-state index in [2.05, 4.69) is 560 Å². The van der Waals surface area contributed by atoms with Crippen LogP contribution in [0, 0.1) is 0 Å². The van der Waals surface area contributed by atoms with E-state index in [0.29, 0.717) is 0 Å². The highest BCUT2D eigenvalue weighted by Gasteiger charge is 2.52. The van der Waals surface area contributed by atoms with Gasteiger partial charge in [-0.05, 0) is 286 Å². The smallest absolute Gasteiger partial charge is 0.0726 e. The number of nitrogens with zero attached hydrogens (tertiary/aromatic N) is 3. The van der Waals surface area contributed by atoms with Crippen molar-refractivity contribution < 1.29 is 0 Å². The lowest BCUT2D eigenvalue weighted by Gasteiger charge is -2.35. The Morgan fingerprint density at radius 3 is 0.837 bits per heavy atom. The summed E-state index contributed by atoms with van der Waals surface area (Å²) in [6.07, 6.45) is 0. The van der Waals surface area contributed by atoms with E-state index in [0.717, 1.165) is 64.6 Å². The fourth-order valence-electron chi connectivity index (χ4n) is 19.9. The molecule has 0 atom stereocenters. The van der Waals surface area contributed by atoms with Crippen LogP contribution in [0.25, 0.3) is 98.1 Å². The summed E-state index contributed by atoms with van der Waals surface area (Å²) >= 11 is 12.6. The van der Waals surface area contributed by atoms with Gasteiger partial charge in [-0.25, -0.2) is 0 Å². The van der Waals surface area contributed by atoms with Gasteiger partial charge in [0.25, 0.3) is 0 Å². The normalized spacial score (nSPS) is 12.4. The third kappa shape index (κ3) is 14.7. The van der Waals surface area contributed by atoms with Crippen LogP contribution in [0.5, 0.6) is 0 Å². The molecule has 0 fully saturated rings. The molecule has 129 heavy (non-hydrogen) atoms. The maximum absolute atomic E-state index is 3.63. The van der Waals surface area contributed by atoms with E-state index >= 15 is 0 Å². The second kappa shape index (κ2) is 34.7. The lowest BCUT2D eigenvalue weighted by molar-refractivity contribution is 0.768. The van der Waals surface area contributed by atoms with Gasteiger partial charge in [-0.3, -0.25) is 0 Å². The van der Waals surface area contributed by atoms with Gasteiger partial charge in [0.1, 0.15) is 0 Å². The summed E-state index contributed by atoms with van der Waals surface area (Å²) in [5.74, 6) is 0. The highest BCUT2D eigenvalue weighted by atomic mass is 79.9. The van der Waals surface area contributed by atoms with Crippen molar-refractivity contribution in [3.63, 3.8) is 0 Å². The van der Waals surface area contributed by atoms with Crippen LogP contribution in [0.2, 0.25) is 0 Å². The molecule has 3 aliphatic carbocycles. The van der Waals surface area contributed by atoms with Gasteiger partial charge in [0.2, 0.25) is 0 Å². The predicted molar refractivity (Wildman–Crippen MR) is 555 cm³/mol. The number of halogens is 3. The average Bonchev–Trinajstić information content (AvgIpc) is 1.49. The third-order valence-corrected chi connectivity index (χ3v) is 28.4. The molecule has 0 bridgehead atoms. The minimum absolute atomic E-state index is 0.373. The zero-order chi connectivity index (χ0) is 86.4. The summed E-state index contributed by atoms with van der Waals surface area (Å²) in [5.41, 5.74) is 37.4. The number of hydrogen-bond acceptors (Lipinski definition) is 4. The van der Waals surface area contributed by atoms with Crippen molar-refractivity contribution in [1.29, 1.82) is 0 Å². The number of benzene rings is 20. The van der Waals surface area contributed by atoms with E-state index < -0.39 is 5.41 Å². The monoisotopic (exact) mass is 1860 g/mol. The van der Waals surface area contributed by atoms with Gasteiger partial charge in [0.05, 0.1) is 10.8 Å². The van der Waals surface area contributed by atoms with Gasteiger partial charge in [-0.2, -0.15) is 0 Å². The number of thiophene rings is 1. The minimum Gasteiger partial charge on any atom is -0.311 e. The summed E-state index contributed by atoms with van der Waals surface area (Å²) in [6, 6.07) is 180. The summed E-state index contributed by atoms with van der Waals surface area (Å²) in [4.78, 5) is 7.06. The number of hydrogen-bond donors (Lipinski definition) is 0. The first-order valence-electron chi connectivity index (χ1n) is 43.6. The van der Waals surface area contributed by atoms with Gasteiger partial charge in [0, 0.05) is 84.8 Å². The summed E-state index contributed by atoms with van der Waals surface area (Å²) in [5, 5.41) is 2.66. The van der Waals surface area contributed by atoms with E-state index in [4.69, 9.17) is 0 Å². The average molecular weight is 1860 g/mol. The van der Waals surface area contributed by atoms with E-state index in [1.54, 1.807) is 0 Å². The van der Waals surface area contributed by atoms with Crippen molar-refractivity contribution in [2.45, 2.75) is 10.8 Å². The van der Waals surface area contributed by atoms with Crippen LogP contribution >= 0.6 is 59.1 Å². The minimum atomic E-state index is -0.446. The SMILES string of the molecule is Brc1ccc(-c2ccc(N(c3ccccc3)c3ccc(-c4ccc5sc6ccccc6c5c4)cc3)cc2)cc1.Brc1ccc(-c2ccc(N(c3ccccc3)c3ccc4c(c3)C(c3ccccc3)(c3ccccc3)c3ccccc3-4)cc2)cc1.Brc1cccc(-c2ccc(N(c3ccccc3)c3ccc4c(c3)C3(c5ccccc5-c5ccccc53)c3ccccc3-4)cc2)c1. The Bertz CT molecular complexity index is 7560. The Kier molecular flexibility index (Phi) is 21.6. The molecule has 0 saturated heterocycles. The molecular formula is C122H82Br3N3S.